The van der Waals surface area contributed by atoms with E-state index in [1.54, 1.807) is 5.38 Å². The summed E-state index contributed by atoms with van der Waals surface area (Å²) in [5.41, 5.74) is -0.115. The van der Waals surface area contributed by atoms with Crippen LogP contribution >= 0.6 is 11.3 Å². The topological polar surface area (TPSA) is 113 Å². The molecule has 0 aliphatic carbocycles. The first-order valence-corrected chi connectivity index (χ1v) is 6.24. The van der Waals surface area contributed by atoms with Crippen LogP contribution in [0.15, 0.2) is 22.7 Å². The first-order chi connectivity index (χ1) is 10.1. The van der Waals surface area contributed by atoms with E-state index in [0.717, 1.165) is 9.36 Å². The van der Waals surface area contributed by atoms with Gasteiger partial charge in [-0.2, -0.15) is 4.68 Å². The Hall–Kier alpha value is -2.69. The second-order valence-corrected chi connectivity index (χ2v) is 4.38. The lowest BCUT2D eigenvalue weighted by atomic mass is 10.4. The standard InChI is InChI=1S/C9H8N8O2S/c1-16-9(18)17(15-14-16)7-6(11-5-12-13-7)4-19-8-10-2-3-20-8/h2-3,5H,4H2,1H3/i2T. The van der Waals surface area contributed by atoms with E-state index < -0.39 is 5.69 Å². The molecule has 0 aliphatic heterocycles. The van der Waals surface area contributed by atoms with Gasteiger partial charge in [0.1, 0.15) is 18.6 Å². The number of nitrogens with zero attached hydrogens (tertiary/aromatic N) is 8. The summed E-state index contributed by atoms with van der Waals surface area (Å²) in [4.78, 5) is 19.7. The van der Waals surface area contributed by atoms with E-state index in [1.807, 2.05) is 0 Å². The number of ether oxygens (including phenoxy) is 1. The summed E-state index contributed by atoms with van der Waals surface area (Å²) in [6, 6.07) is 0. The van der Waals surface area contributed by atoms with E-state index in [4.69, 9.17) is 6.11 Å². The predicted octanol–water partition coefficient (Wildman–Crippen LogP) is -0.814. The maximum absolute atomic E-state index is 11.8. The molecule has 3 heterocycles. The third-order valence-electron chi connectivity index (χ3n) is 2.30. The lowest BCUT2D eigenvalue weighted by Crippen LogP contribution is -2.24. The first kappa shape index (κ1) is 11.2. The highest BCUT2D eigenvalue weighted by Crippen LogP contribution is 2.15. The zero-order chi connectivity index (χ0) is 14.8. The maximum Gasteiger partial charge on any atom is 0.369 e. The van der Waals surface area contributed by atoms with Crippen LogP contribution < -0.4 is 10.4 Å². The average Bonchev–Trinajstić information content (AvgIpc) is 3.04. The van der Waals surface area contributed by atoms with Crippen molar-refractivity contribution in [3.8, 4) is 11.0 Å². The number of thiazole rings is 1. The minimum Gasteiger partial charge on any atom is -0.463 e. The van der Waals surface area contributed by atoms with Crippen molar-refractivity contribution in [3.63, 3.8) is 0 Å². The molecule has 102 valence electrons. The zero-order valence-electron chi connectivity index (χ0n) is 11.2. The molecule has 3 rings (SSSR count). The van der Waals surface area contributed by atoms with E-state index in [-0.39, 0.29) is 18.6 Å². The van der Waals surface area contributed by atoms with Crippen LogP contribution in [0.5, 0.6) is 5.19 Å². The highest BCUT2D eigenvalue weighted by atomic mass is 32.1. The lowest BCUT2D eigenvalue weighted by molar-refractivity contribution is 0.297. The largest absolute Gasteiger partial charge is 0.463 e. The molecular formula is C9H8N8O2S. The fourth-order valence-electron chi connectivity index (χ4n) is 1.38. The first-order valence-electron chi connectivity index (χ1n) is 5.86. The van der Waals surface area contributed by atoms with E-state index >= 15 is 0 Å². The van der Waals surface area contributed by atoms with Crippen molar-refractivity contribution < 1.29 is 6.11 Å². The molecule has 0 bridgehead atoms. The highest BCUT2D eigenvalue weighted by Gasteiger charge is 2.15. The monoisotopic (exact) mass is 294 g/mol. The zero-order valence-corrected chi connectivity index (χ0v) is 11.0. The smallest absolute Gasteiger partial charge is 0.369 e. The second-order valence-electron chi connectivity index (χ2n) is 3.56. The molecule has 10 nitrogen and oxygen atoms in total. The molecule has 0 radical (unpaired) electrons. The molecular weight excluding hydrogens is 284 g/mol. The molecule has 0 saturated carbocycles. The van der Waals surface area contributed by atoms with Gasteiger partial charge in [-0.15, -0.1) is 14.9 Å². The van der Waals surface area contributed by atoms with E-state index in [0.29, 0.717) is 10.9 Å². The lowest BCUT2D eigenvalue weighted by Gasteiger charge is -2.04. The third-order valence-corrected chi connectivity index (χ3v) is 2.93. The van der Waals surface area contributed by atoms with Gasteiger partial charge in [0.25, 0.3) is 5.19 Å². The summed E-state index contributed by atoms with van der Waals surface area (Å²) in [5.74, 6) is 0.137. The van der Waals surface area contributed by atoms with Crippen LogP contribution in [0.25, 0.3) is 5.82 Å². The van der Waals surface area contributed by atoms with Gasteiger partial charge >= 0.3 is 5.69 Å². The normalized spacial score (nSPS) is 11.3. The van der Waals surface area contributed by atoms with Crippen molar-refractivity contribution in [2.24, 2.45) is 7.05 Å². The Balaban J connectivity index is 1.89. The van der Waals surface area contributed by atoms with E-state index in [1.165, 1.54) is 24.7 Å². The van der Waals surface area contributed by atoms with Crippen LogP contribution in [-0.2, 0) is 13.7 Å². The molecule has 0 amide bonds. The summed E-state index contributed by atoms with van der Waals surface area (Å²) in [7, 11) is 1.47. The summed E-state index contributed by atoms with van der Waals surface area (Å²) in [5, 5.41) is 16.6. The number of hydrogen-bond acceptors (Lipinski definition) is 9. The molecule has 0 aliphatic rings. The number of aryl methyl sites for hydroxylation is 1. The minimum atomic E-state index is -0.471. The van der Waals surface area contributed by atoms with Crippen LogP contribution in [0.1, 0.15) is 7.06 Å². The Bertz CT molecular complexity index is 827. The number of aromatic nitrogens is 8. The van der Waals surface area contributed by atoms with E-state index in [9.17, 15) is 4.79 Å². The quantitative estimate of drug-likeness (QED) is 0.613. The van der Waals surface area contributed by atoms with Gasteiger partial charge in [-0.25, -0.2) is 14.8 Å². The van der Waals surface area contributed by atoms with Gasteiger partial charge in [-0.3, -0.25) is 0 Å². The fourth-order valence-corrected chi connectivity index (χ4v) is 1.82. The van der Waals surface area contributed by atoms with Gasteiger partial charge in [-0.1, -0.05) is 11.3 Å². The van der Waals surface area contributed by atoms with Crippen LogP contribution in [0.3, 0.4) is 0 Å². The Morgan fingerprint density at radius 2 is 2.35 bits per heavy atom. The molecule has 0 spiro atoms. The molecule has 0 fully saturated rings. The molecule has 0 atom stereocenters. The van der Waals surface area contributed by atoms with Crippen LogP contribution in [0.2, 0.25) is 0 Å². The van der Waals surface area contributed by atoms with Crippen molar-refractivity contribution in [3.05, 3.63) is 34.1 Å². The molecule has 20 heavy (non-hydrogen) atoms. The van der Waals surface area contributed by atoms with Gasteiger partial charge < -0.3 is 4.74 Å². The summed E-state index contributed by atoms with van der Waals surface area (Å²) in [6.45, 7) is 0.0147. The molecule has 3 aromatic rings. The minimum absolute atomic E-state index is 0.0147. The molecule has 0 unspecified atom stereocenters. The third kappa shape index (κ3) is 2.25. The van der Waals surface area contributed by atoms with Gasteiger partial charge in [-0.05, 0) is 10.4 Å². The van der Waals surface area contributed by atoms with E-state index in [2.05, 4.69) is 30.6 Å². The van der Waals surface area contributed by atoms with Crippen molar-refractivity contribution in [1.82, 2.24) is 40.0 Å². The Morgan fingerprint density at radius 1 is 1.45 bits per heavy atom. The summed E-state index contributed by atoms with van der Waals surface area (Å²) < 4.78 is 14.8. The Labute approximate surface area is 117 Å². The van der Waals surface area contributed by atoms with Gasteiger partial charge in [0.15, 0.2) is 0 Å². The van der Waals surface area contributed by atoms with Gasteiger partial charge in [0.05, 0.1) is 1.37 Å². The van der Waals surface area contributed by atoms with Crippen molar-refractivity contribution >= 4 is 11.3 Å². The second kappa shape index (κ2) is 5.13. The van der Waals surface area contributed by atoms with Crippen molar-refractivity contribution in [1.29, 1.82) is 0 Å². The summed E-state index contributed by atoms with van der Waals surface area (Å²) in [6.07, 6.45) is 1.36. The van der Waals surface area contributed by atoms with Crippen molar-refractivity contribution in [2.75, 3.05) is 0 Å². The Kier molecular flexibility index (Phi) is 2.86. The van der Waals surface area contributed by atoms with Gasteiger partial charge in [0.2, 0.25) is 5.82 Å². The Morgan fingerprint density at radius 3 is 3.05 bits per heavy atom. The average molecular weight is 294 g/mol. The SMILES string of the molecule is [3H]c1csc(OCc2ncnnc2-n2nnn(C)c2=O)n1. The molecule has 0 N–H and O–H groups in total. The predicted molar refractivity (Wildman–Crippen MR) is 66.4 cm³/mol. The summed E-state index contributed by atoms with van der Waals surface area (Å²) >= 11 is 1.19. The number of tetrazole rings is 1. The number of hydrogen-bond donors (Lipinski definition) is 0. The van der Waals surface area contributed by atoms with Crippen LogP contribution in [0.4, 0.5) is 0 Å². The fraction of sp³-hybridized carbons (Fsp3) is 0.222. The molecule has 0 aromatic carbocycles. The van der Waals surface area contributed by atoms with Crippen LogP contribution in [-0.4, -0.2) is 40.0 Å². The molecule has 11 heteroatoms. The van der Waals surface area contributed by atoms with Gasteiger partial charge in [0, 0.05) is 18.6 Å². The number of rotatable bonds is 4. The molecule has 0 saturated heterocycles. The van der Waals surface area contributed by atoms with Crippen LogP contribution in [0, 0.1) is 0 Å². The maximum atomic E-state index is 11.8. The van der Waals surface area contributed by atoms with Crippen molar-refractivity contribution in [2.45, 2.75) is 6.61 Å². The highest BCUT2D eigenvalue weighted by molar-refractivity contribution is 7.11. The molecule has 3 aromatic heterocycles.